The summed E-state index contributed by atoms with van der Waals surface area (Å²) in [5, 5.41) is 2.86. The molecule has 17 heavy (non-hydrogen) atoms. The first-order chi connectivity index (χ1) is 8.29. The fraction of sp³-hybridized carbons (Fsp3) is 0.500. The molecule has 1 aromatic rings. The molecule has 0 spiro atoms. The Bertz CT molecular complexity index is 354. The van der Waals surface area contributed by atoms with Crippen LogP contribution in [0.25, 0.3) is 0 Å². The van der Waals surface area contributed by atoms with Gasteiger partial charge in [-0.2, -0.15) is 0 Å². The van der Waals surface area contributed by atoms with Crippen molar-refractivity contribution in [1.82, 2.24) is 10.3 Å². The van der Waals surface area contributed by atoms with Crippen LogP contribution in [0.15, 0.2) is 18.3 Å². The van der Waals surface area contributed by atoms with Crippen molar-refractivity contribution in [2.75, 3.05) is 12.0 Å². The van der Waals surface area contributed by atoms with Crippen molar-refractivity contribution in [3.8, 4) is 0 Å². The van der Waals surface area contributed by atoms with E-state index in [0.29, 0.717) is 17.9 Å². The SMILES string of the molecule is CCCCCCNC(=O)c1cccnc1NN. The van der Waals surface area contributed by atoms with Crippen LogP contribution in [0.1, 0.15) is 43.0 Å². The number of unbranched alkanes of at least 4 members (excludes halogenated alkanes) is 3. The average Bonchev–Trinajstić information content (AvgIpc) is 2.38. The first kappa shape index (κ1) is 13.4. The van der Waals surface area contributed by atoms with Crippen LogP contribution < -0.4 is 16.6 Å². The third-order valence-corrected chi connectivity index (χ3v) is 2.50. The second-order valence-electron chi connectivity index (χ2n) is 3.86. The van der Waals surface area contributed by atoms with E-state index < -0.39 is 0 Å². The number of carbonyl (C=O) groups excluding carboxylic acids is 1. The van der Waals surface area contributed by atoms with Crippen molar-refractivity contribution in [2.45, 2.75) is 32.6 Å². The molecule has 0 atom stereocenters. The van der Waals surface area contributed by atoms with E-state index in [2.05, 4.69) is 22.7 Å². The summed E-state index contributed by atoms with van der Waals surface area (Å²) >= 11 is 0. The van der Waals surface area contributed by atoms with E-state index in [1.807, 2.05) is 0 Å². The number of rotatable bonds is 7. The predicted octanol–water partition coefficient (Wildman–Crippen LogP) is 1.68. The second-order valence-corrected chi connectivity index (χ2v) is 3.86. The van der Waals surface area contributed by atoms with Crippen LogP contribution in [0, 0.1) is 0 Å². The number of hydrogen-bond acceptors (Lipinski definition) is 4. The summed E-state index contributed by atoms with van der Waals surface area (Å²) < 4.78 is 0. The fourth-order valence-corrected chi connectivity index (χ4v) is 1.55. The fourth-order valence-electron chi connectivity index (χ4n) is 1.55. The molecule has 5 heteroatoms. The first-order valence-corrected chi connectivity index (χ1v) is 5.99. The number of hydrazine groups is 1. The quantitative estimate of drug-likeness (QED) is 0.382. The highest BCUT2D eigenvalue weighted by molar-refractivity contribution is 5.98. The Kier molecular flexibility index (Phi) is 6.03. The van der Waals surface area contributed by atoms with E-state index in [-0.39, 0.29) is 5.91 Å². The number of nitrogens with one attached hydrogen (secondary N) is 2. The number of pyridine rings is 1. The van der Waals surface area contributed by atoms with Gasteiger partial charge in [-0.3, -0.25) is 4.79 Å². The Balaban J connectivity index is 2.41. The summed E-state index contributed by atoms with van der Waals surface area (Å²) in [4.78, 5) is 15.8. The highest BCUT2D eigenvalue weighted by Crippen LogP contribution is 2.09. The third kappa shape index (κ3) is 4.40. The molecule has 0 aliphatic rings. The zero-order valence-corrected chi connectivity index (χ0v) is 10.2. The number of nitrogens with zero attached hydrogens (tertiary/aromatic N) is 1. The molecule has 4 N–H and O–H groups in total. The molecule has 0 aliphatic carbocycles. The Morgan fingerprint density at radius 2 is 2.24 bits per heavy atom. The normalized spacial score (nSPS) is 10.0. The second kappa shape index (κ2) is 7.62. The van der Waals surface area contributed by atoms with Crippen molar-refractivity contribution >= 4 is 11.7 Å². The van der Waals surface area contributed by atoms with Gasteiger partial charge in [-0.15, -0.1) is 0 Å². The van der Waals surface area contributed by atoms with Crippen LogP contribution in [0.2, 0.25) is 0 Å². The zero-order valence-electron chi connectivity index (χ0n) is 10.2. The van der Waals surface area contributed by atoms with Crippen LogP contribution in [0.3, 0.4) is 0 Å². The van der Waals surface area contributed by atoms with Crippen LogP contribution in [0.5, 0.6) is 0 Å². The predicted molar refractivity (Wildman–Crippen MR) is 68.5 cm³/mol. The number of anilines is 1. The van der Waals surface area contributed by atoms with E-state index >= 15 is 0 Å². The topological polar surface area (TPSA) is 80.0 Å². The maximum absolute atomic E-state index is 11.8. The van der Waals surface area contributed by atoms with Gasteiger partial charge >= 0.3 is 0 Å². The van der Waals surface area contributed by atoms with Gasteiger partial charge in [0.1, 0.15) is 0 Å². The summed E-state index contributed by atoms with van der Waals surface area (Å²) in [6.45, 7) is 2.85. The maximum Gasteiger partial charge on any atom is 0.255 e. The molecular formula is C12H20N4O. The van der Waals surface area contributed by atoms with Crippen LogP contribution in [-0.4, -0.2) is 17.4 Å². The summed E-state index contributed by atoms with van der Waals surface area (Å²) in [6, 6.07) is 3.41. The standard InChI is InChI=1S/C12H20N4O/c1-2-3-4-5-8-15-12(17)10-7-6-9-14-11(10)16-13/h6-7,9H,2-5,8,13H2,1H3,(H,14,16)(H,15,17). The van der Waals surface area contributed by atoms with Gasteiger partial charge < -0.3 is 10.7 Å². The van der Waals surface area contributed by atoms with Gasteiger partial charge in [0.05, 0.1) is 5.56 Å². The van der Waals surface area contributed by atoms with E-state index in [4.69, 9.17) is 5.84 Å². The van der Waals surface area contributed by atoms with Gasteiger partial charge in [0.25, 0.3) is 5.91 Å². The summed E-state index contributed by atoms with van der Waals surface area (Å²) in [7, 11) is 0. The summed E-state index contributed by atoms with van der Waals surface area (Å²) in [5.74, 6) is 5.56. The number of aromatic nitrogens is 1. The Morgan fingerprint density at radius 3 is 2.94 bits per heavy atom. The largest absolute Gasteiger partial charge is 0.352 e. The van der Waals surface area contributed by atoms with E-state index in [1.165, 1.54) is 12.8 Å². The molecule has 0 fully saturated rings. The molecule has 0 radical (unpaired) electrons. The molecule has 1 rings (SSSR count). The highest BCUT2D eigenvalue weighted by atomic mass is 16.1. The number of nitrogen functional groups attached to an aromatic ring is 1. The Labute approximate surface area is 102 Å². The minimum Gasteiger partial charge on any atom is -0.352 e. The zero-order chi connectivity index (χ0) is 12.5. The van der Waals surface area contributed by atoms with Crippen LogP contribution in [0.4, 0.5) is 5.82 Å². The first-order valence-electron chi connectivity index (χ1n) is 5.99. The van der Waals surface area contributed by atoms with Gasteiger partial charge in [-0.1, -0.05) is 26.2 Å². The lowest BCUT2D eigenvalue weighted by Crippen LogP contribution is -2.26. The van der Waals surface area contributed by atoms with Gasteiger partial charge in [-0.25, -0.2) is 10.8 Å². The molecule has 1 aromatic heterocycles. The summed E-state index contributed by atoms with van der Waals surface area (Å²) in [5.41, 5.74) is 2.89. The minimum absolute atomic E-state index is 0.137. The average molecular weight is 236 g/mol. The molecule has 0 saturated heterocycles. The molecule has 0 saturated carbocycles. The number of carbonyl (C=O) groups is 1. The van der Waals surface area contributed by atoms with E-state index in [0.717, 1.165) is 12.8 Å². The summed E-state index contributed by atoms with van der Waals surface area (Å²) in [6.07, 6.45) is 6.14. The molecule has 1 amide bonds. The third-order valence-electron chi connectivity index (χ3n) is 2.50. The van der Waals surface area contributed by atoms with Crippen molar-refractivity contribution in [2.24, 2.45) is 5.84 Å². The van der Waals surface area contributed by atoms with Crippen molar-refractivity contribution in [3.63, 3.8) is 0 Å². The molecular weight excluding hydrogens is 216 g/mol. The van der Waals surface area contributed by atoms with Crippen LogP contribution >= 0.6 is 0 Å². The minimum atomic E-state index is -0.137. The van der Waals surface area contributed by atoms with E-state index in [9.17, 15) is 4.79 Å². The van der Waals surface area contributed by atoms with E-state index in [1.54, 1.807) is 18.3 Å². The lowest BCUT2D eigenvalue weighted by molar-refractivity contribution is 0.0953. The van der Waals surface area contributed by atoms with Crippen molar-refractivity contribution in [3.05, 3.63) is 23.9 Å². The van der Waals surface area contributed by atoms with Gasteiger partial charge in [0.2, 0.25) is 0 Å². The molecule has 5 nitrogen and oxygen atoms in total. The molecule has 0 aromatic carbocycles. The lowest BCUT2D eigenvalue weighted by atomic mass is 10.2. The Hall–Kier alpha value is -1.62. The van der Waals surface area contributed by atoms with Gasteiger partial charge in [0.15, 0.2) is 5.82 Å². The van der Waals surface area contributed by atoms with Crippen LogP contribution in [-0.2, 0) is 0 Å². The molecule has 0 aliphatic heterocycles. The number of amides is 1. The van der Waals surface area contributed by atoms with Gasteiger partial charge in [0, 0.05) is 12.7 Å². The lowest BCUT2D eigenvalue weighted by Gasteiger charge is -2.08. The maximum atomic E-state index is 11.8. The van der Waals surface area contributed by atoms with Crippen molar-refractivity contribution < 1.29 is 4.79 Å². The molecule has 0 unspecified atom stereocenters. The van der Waals surface area contributed by atoms with Crippen molar-refractivity contribution in [1.29, 1.82) is 0 Å². The number of hydrogen-bond donors (Lipinski definition) is 3. The number of nitrogens with two attached hydrogens (primary N) is 1. The smallest absolute Gasteiger partial charge is 0.255 e. The molecule has 1 heterocycles. The van der Waals surface area contributed by atoms with Gasteiger partial charge in [-0.05, 0) is 18.6 Å². The monoisotopic (exact) mass is 236 g/mol. The molecule has 0 bridgehead atoms. The Morgan fingerprint density at radius 1 is 1.41 bits per heavy atom. The highest BCUT2D eigenvalue weighted by Gasteiger charge is 2.10. The molecule has 94 valence electrons.